The van der Waals surface area contributed by atoms with Crippen molar-refractivity contribution in [3.63, 3.8) is 0 Å². The van der Waals surface area contributed by atoms with Gasteiger partial charge in [0.05, 0.1) is 39.1 Å². The molecule has 2 saturated heterocycles. The number of nitrogens with zero attached hydrogens (tertiary/aromatic N) is 8. The molecule has 4 aliphatic rings. The van der Waals surface area contributed by atoms with E-state index in [-0.39, 0.29) is 47.2 Å². The van der Waals surface area contributed by atoms with Crippen LogP contribution in [0.4, 0.5) is 11.6 Å². The van der Waals surface area contributed by atoms with E-state index in [9.17, 15) is 58.7 Å². The van der Waals surface area contributed by atoms with E-state index >= 15 is 0 Å². The van der Waals surface area contributed by atoms with Crippen LogP contribution in [-0.2, 0) is 47.1 Å². The van der Waals surface area contributed by atoms with E-state index in [4.69, 9.17) is 42.1 Å². The molecule has 4 fully saturated rings. The molecule has 2 aliphatic carbocycles. The number of anilines is 2. The average molecular weight is 1020 g/mol. The maximum atomic E-state index is 11.8. The molecule has 0 aromatic carbocycles. The molecular weight excluding hydrogens is 969 g/mol. The molecule has 2 saturated carbocycles. The van der Waals surface area contributed by atoms with Crippen molar-refractivity contribution in [1.82, 2.24) is 39.0 Å². The highest BCUT2D eigenvalue weighted by molar-refractivity contribution is 7.53. The number of esters is 2. The zero-order chi connectivity index (χ0) is 47.8. The van der Waals surface area contributed by atoms with Gasteiger partial charge in [-0.1, -0.05) is 0 Å². The van der Waals surface area contributed by atoms with Crippen molar-refractivity contribution in [3.05, 3.63) is 23.2 Å². The number of halogens is 2. The van der Waals surface area contributed by atoms with E-state index in [0.29, 0.717) is 22.7 Å². The molecule has 0 spiro atoms. The number of fused-ring (bicyclic) bond motifs is 2. The number of nitrogens with one attached hydrogen (secondary N) is 2. The topological polar surface area (TPSA) is 397 Å². The summed E-state index contributed by atoms with van der Waals surface area (Å²) in [6, 6.07) is 0.532. The van der Waals surface area contributed by atoms with Crippen molar-refractivity contribution in [2.24, 2.45) is 0 Å². The number of carbonyl (C=O) groups is 2. The first-order valence-electron chi connectivity index (χ1n) is 20.2. The summed E-state index contributed by atoms with van der Waals surface area (Å²) >= 11 is 12.1. The van der Waals surface area contributed by atoms with E-state index in [1.807, 2.05) is 0 Å². The number of rotatable bonds is 18. The summed E-state index contributed by atoms with van der Waals surface area (Å²) in [7, 11) is -10.0. The summed E-state index contributed by atoms with van der Waals surface area (Å²) in [6.07, 6.45) is -4.12. The van der Waals surface area contributed by atoms with Crippen molar-refractivity contribution >= 4 is 84.3 Å². The Balaban J connectivity index is 0.000000196. The quantitative estimate of drug-likeness (QED) is 0.0342. The molecule has 364 valence electrons. The lowest BCUT2D eigenvalue weighted by molar-refractivity contribution is -0.156. The molecule has 32 heteroatoms. The first kappa shape index (κ1) is 50.1. The monoisotopic (exact) mass is 1010 g/mol. The SMILES string of the molecule is CCOC(=O)[C@@H](OC[C@H]1O[C@@H](n2cnc3c(NC4CC4)nc(Cl)nc32)[C@H](O)[C@@H]1O)P(=O)(O)O.CCOC(=O)[C@H](OC[C@H]1O[C@@H](n2cnc3c(NC4CC4)nc(Cl)nc32)[C@H](O)[C@@H]1O)P(=O)(O)O. The van der Waals surface area contributed by atoms with E-state index in [0.717, 1.165) is 25.7 Å². The fourth-order valence-electron chi connectivity index (χ4n) is 6.79. The average Bonchev–Trinajstić information content (AvgIpc) is 4.10. The van der Waals surface area contributed by atoms with Gasteiger partial charge in [0.15, 0.2) is 46.4 Å². The Hall–Kier alpha value is -3.80. The largest absolute Gasteiger partial charge is 0.464 e. The maximum Gasteiger partial charge on any atom is 0.365 e. The van der Waals surface area contributed by atoms with Gasteiger partial charge < -0.3 is 79.1 Å². The zero-order valence-electron chi connectivity index (χ0n) is 34.6. The summed E-state index contributed by atoms with van der Waals surface area (Å²) in [6.45, 7) is 1.49. The number of hydrogen-bond acceptors (Lipinski definition) is 22. The van der Waals surface area contributed by atoms with Gasteiger partial charge in [-0.25, -0.2) is 19.6 Å². The Morgan fingerprint density at radius 1 is 0.682 bits per heavy atom. The lowest BCUT2D eigenvalue weighted by atomic mass is 10.1. The lowest BCUT2D eigenvalue weighted by Crippen LogP contribution is -2.36. The standard InChI is InChI=1S/2C17H23ClN5O9P/c2*1-2-30-15(26)16(33(27,28)29)31-5-8-10(24)11(25)14(32-8)23-6-19-9-12(20-7-3-4-7)21-17(18)22-13(9)23/h2*6-8,10-11,14,16,24-25H,2-5H2,1H3,(H,20,21,22)(H2,27,28,29)/t8-,10-,11-,14-,16+;8-,10-,11-,14-,16-/m11/s1. The Morgan fingerprint density at radius 3 is 1.36 bits per heavy atom. The van der Waals surface area contributed by atoms with Crippen LogP contribution in [0.25, 0.3) is 22.3 Å². The Morgan fingerprint density at radius 2 is 1.05 bits per heavy atom. The summed E-state index contributed by atoms with van der Waals surface area (Å²) in [5, 5.41) is 48.2. The molecule has 66 heavy (non-hydrogen) atoms. The number of aromatic nitrogens is 8. The Labute approximate surface area is 382 Å². The third-order valence-corrected chi connectivity index (χ3v) is 12.6. The van der Waals surface area contributed by atoms with Gasteiger partial charge in [0.2, 0.25) is 10.6 Å². The molecule has 4 aromatic heterocycles. The predicted octanol–water partition coefficient (Wildman–Crippen LogP) is -0.487. The lowest BCUT2D eigenvalue weighted by Gasteiger charge is -2.20. The molecule has 0 bridgehead atoms. The number of aliphatic hydroxyl groups is 4. The Bertz CT molecular complexity index is 2320. The molecular formula is C34H46Cl2N10O18P2. The van der Waals surface area contributed by atoms with Crippen LogP contribution in [0, 0.1) is 0 Å². The normalized spacial score (nSPS) is 26.5. The zero-order valence-corrected chi connectivity index (χ0v) is 37.9. The van der Waals surface area contributed by atoms with Gasteiger partial charge in [0.25, 0.3) is 11.7 Å². The molecule has 10 N–H and O–H groups in total. The molecule has 0 radical (unpaired) electrons. The van der Waals surface area contributed by atoms with Crippen molar-refractivity contribution in [2.75, 3.05) is 37.1 Å². The summed E-state index contributed by atoms with van der Waals surface area (Å²) in [4.78, 5) is 86.4. The molecule has 10 atom stereocenters. The molecule has 6 heterocycles. The third kappa shape index (κ3) is 11.4. The minimum absolute atomic E-state index is 0.0563. The number of aliphatic hydroxyl groups excluding tert-OH is 4. The molecule has 28 nitrogen and oxygen atoms in total. The van der Waals surface area contributed by atoms with Crippen LogP contribution >= 0.6 is 38.4 Å². The fourth-order valence-corrected chi connectivity index (χ4v) is 8.38. The molecule has 2 aliphatic heterocycles. The minimum atomic E-state index is -5.02. The van der Waals surface area contributed by atoms with Crippen LogP contribution in [-0.4, -0.2) is 178 Å². The van der Waals surface area contributed by atoms with Crippen molar-refractivity contribution in [2.45, 2.75) is 112 Å². The van der Waals surface area contributed by atoms with Gasteiger partial charge in [-0.2, -0.15) is 19.9 Å². The molecule has 8 rings (SSSR count). The van der Waals surface area contributed by atoms with Crippen LogP contribution < -0.4 is 10.6 Å². The summed E-state index contributed by atoms with van der Waals surface area (Å²) < 4.78 is 56.7. The number of hydrogen-bond donors (Lipinski definition) is 10. The van der Waals surface area contributed by atoms with Gasteiger partial charge in [-0.3, -0.25) is 18.3 Å². The number of ether oxygens (including phenoxy) is 6. The van der Waals surface area contributed by atoms with Crippen molar-refractivity contribution < 1.29 is 87.1 Å². The second-order valence-corrected chi connectivity index (χ2v) is 19.3. The highest BCUT2D eigenvalue weighted by atomic mass is 35.5. The van der Waals surface area contributed by atoms with Gasteiger partial charge >= 0.3 is 27.1 Å². The number of imidazole rings is 2. The van der Waals surface area contributed by atoms with E-state index in [1.165, 1.54) is 35.6 Å². The first-order chi connectivity index (χ1) is 31.2. The van der Waals surface area contributed by atoms with Crippen LogP contribution in [0.3, 0.4) is 0 Å². The van der Waals surface area contributed by atoms with E-state index in [1.54, 1.807) is 0 Å². The van der Waals surface area contributed by atoms with Crippen molar-refractivity contribution in [1.29, 1.82) is 0 Å². The van der Waals surface area contributed by atoms with Crippen LogP contribution in [0.15, 0.2) is 12.7 Å². The van der Waals surface area contributed by atoms with Gasteiger partial charge in [0.1, 0.15) is 36.6 Å². The molecule has 0 amide bonds. The second-order valence-electron chi connectivity index (χ2n) is 15.3. The first-order valence-corrected chi connectivity index (χ1v) is 24.3. The summed E-state index contributed by atoms with van der Waals surface area (Å²) in [5.74, 6) is -6.03. The predicted molar refractivity (Wildman–Crippen MR) is 223 cm³/mol. The van der Waals surface area contributed by atoms with Gasteiger partial charge in [-0.05, 0) is 62.7 Å². The second kappa shape index (κ2) is 20.4. The van der Waals surface area contributed by atoms with Gasteiger partial charge in [-0.15, -0.1) is 0 Å². The highest BCUT2D eigenvalue weighted by Crippen LogP contribution is 2.45. The Kier molecular flexibility index (Phi) is 15.5. The van der Waals surface area contributed by atoms with Crippen molar-refractivity contribution in [3.8, 4) is 0 Å². The number of carbonyl (C=O) groups excluding carboxylic acids is 2. The van der Waals surface area contributed by atoms with E-state index in [2.05, 4.69) is 50.0 Å². The van der Waals surface area contributed by atoms with E-state index < -0.39 is 101 Å². The maximum absolute atomic E-state index is 11.8. The summed E-state index contributed by atoms with van der Waals surface area (Å²) in [5.41, 5.74) is 1.27. The van der Waals surface area contributed by atoms with Crippen LogP contribution in [0.5, 0.6) is 0 Å². The fraction of sp³-hybridized carbons (Fsp3) is 0.647. The third-order valence-electron chi connectivity index (χ3n) is 10.3. The molecule has 0 unspecified atom stereocenters. The smallest absolute Gasteiger partial charge is 0.365 e. The molecule has 4 aromatic rings. The highest BCUT2D eigenvalue weighted by Gasteiger charge is 2.48. The van der Waals surface area contributed by atoms with Crippen LogP contribution in [0.2, 0.25) is 10.6 Å². The minimum Gasteiger partial charge on any atom is -0.464 e. The van der Waals surface area contributed by atoms with Crippen LogP contribution in [0.1, 0.15) is 52.0 Å². The van der Waals surface area contributed by atoms with Gasteiger partial charge in [0, 0.05) is 12.1 Å².